The fourth-order valence-electron chi connectivity index (χ4n) is 3.68. The molecule has 160 valence electrons. The Kier molecular flexibility index (Phi) is 7.83. The van der Waals surface area contributed by atoms with Crippen LogP contribution in [0, 0.1) is 5.92 Å². The number of amides is 1. The van der Waals surface area contributed by atoms with E-state index in [9.17, 15) is 14.7 Å². The number of hydrogen-bond donors (Lipinski definition) is 4. The lowest BCUT2D eigenvalue weighted by Crippen LogP contribution is -2.54. The summed E-state index contributed by atoms with van der Waals surface area (Å²) in [5.41, 5.74) is 2.44. The molecule has 4 N–H and O–H groups in total. The Balaban J connectivity index is 1.33. The molecule has 0 aromatic carbocycles. The van der Waals surface area contributed by atoms with Gasteiger partial charge in [-0.25, -0.2) is 9.78 Å². The minimum absolute atomic E-state index is 0.0954. The summed E-state index contributed by atoms with van der Waals surface area (Å²) in [4.78, 5) is 30.3. The summed E-state index contributed by atoms with van der Waals surface area (Å²) >= 11 is 0. The molecule has 1 aromatic rings. The molecule has 0 spiro atoms. The van der Waals surface area contributed by atoms with Crippen LogP contribution in [-0.4, -0.2) is 72.7 Å². The molecule has 0 aliphatic carbocycles. The van der Waals surface area contributed by atoms with Crippen LogP contribution >= 0.6 is 0 Å². The summed E-state index contributed by atoms with van der Waals surface area (Å²) in [6, 6.07) is 3.50. The second-order valence-electron chi connectivity index (χ2n) is 8.14. The predicted molar refractivity (Wildman–Crippen MR) is 112 cm³/mol. The van der Waals surface area contributed by atoms with Crippen LogP contribution in [0.3, 0.4) is 0 Å². The molecule has 1 saturated heterocycles. The van der Waals surface area contributed by atoms with E-state index < -0.39 is 12.0 Å². The minimum Gasteiger partial charge on any atom is -0.480 e. The number of pyridine rings is 1. The zero-order valence-electron chi connectivity index (χ0n) is 17.2. The Labute approximate surface area is 172 Å². The summed E-state index contributed by atoms with van der Waals surface area (Å²) in [6.07, 6.45) is 5.71. The number of hydrogen-bond acceptors (Lipinski definition) is 6. The van der Waals surface area contributed by atoms with Crippen LogP contribution in [0.2, 0.25) is 0 Å². The number of nitrogens with one attached hydrogen (secondary N) is 3. The average Bonchev–Trinajstić information content (AvgIpc) is 2.66. The SMILES string of the molecule is CN(CCCCc1ccc2c(n1)NCCC2)CC[C@H](NC(=O)C1CNC1)C(=O)O. The summed E-state index contributed by atoms with van der Waals surface area (Å²) in [5.74, 6) is -0.177. The molecular weight excluding hydrogens is 370 g/mol. The molecule has 2 aliphatic rings. The Morgan fingerprint density at radius 1 is 1.31 bits per heavy atom. The molecule has 2 aliphatic heterocycles. The number of nitrogens with zero attached hydrogens (tertiary/aromatic N) is 2. The molecule has 0 radical (unpaired) electrons. The van der Waals surface area contributed by atoms with Gasteiger partial charge in [-0.15, -0.1) is 0 Å². The molecule has 1 atom stereocenters. The lowest BCUT2D eigenvalue weighted by molar-refractivity contribution is -0.143. The smallest absolute Gasteiger partial charge is 0.326 e. The Bertz CT molecular complexity index is 708. The molecule has 8 nitrogen and oxygen atoms in total. The van der Waals surface area contributed by atoms with Crippen LogP contribution in [-0.2, 0) is 22.4 Å². The quantitative estimate of drug-likeness (QED) is 0.406. The highest BCUT2D eigenvalue weighted by Crippen LogP contribution is 2.20. The van der Waals surface area contributed by atoms with Crippen molar-refractivity contribution in [1.82, 2.24) is 20.5 Å². The molecule has 8 heteroatoms. The summed E-state index contributed by atoms with van der Waals surface area (Å²) < 4.78 is 0. The highest BCUT2D eigenvalue weighted by Gasteiger charge is 2.28. The number of carbonyl (C=O) groups excluding carboxylic acids is 1. The summed E-state index contributed by atoms with van der Waals surface area (Å²) in [6.45, 7) is 3.81. The van der Waals surface area contributed by atoms with Crippen LogP contribution in [0.25, 0.3) is 0 Å². The van der Waals surface area contributed by atoms with Gasteiger partial charge in [0.2, 0.25) is 5.91 Å². The van der Waals surface area contributed by atoms with E-state index >= 15 is 0 Å². The third kappa shape index (κ3) is 6.40. The van der Waals surface area contributed by atoms with Crippen molar-refractivity contribution in [3.05, 3.63) is 23.4 Å². The third-order valence-corrected chi connectivity index (χ3v) is 5.74. The number of anilines is 1. The number of carbonyl (C=O) groups is 2. The number of carboxylic acid groups (broad SMARTS) is 1. The van der Waals surface area contributed by atoms with E-state index in [4.69, 9.17) is 4.98 Å². The van der Waals surface area contributed by atoms with Crippen molar-refractivity contribution in [3.8, 4) is 0 Å². The average molecular weight is 404 g/mol. The zero-order valence-corrected chi connectivity index (χ0v) is 17.2. The van der Waals surface area contributed by atoms with E-state index in [1.807, 2.05) is 7.05 Å². The highest BCUT2D eigenvalue weighted by atomic mass is 16.4. The Hall–Kier alpha value is -2.19. The number of unbranched alkanes of at least 4 members (excludes halogenated alkanes) is 1. The molecular formula is C21H33N5O3. The molecule has 1 aromatic heterocycles. The second-order valence-corrected chi connectivity index (χ2v) is 8.14. The highest BCUT2D eigenvalue weighted by molar-refractivity contribution is 5.85. The summed E-state index contributed by atoms with van der Waals surface area (Å²) in [7, 11) is 2.00. The van der Waals surface area contributed by atoms with Crippen LogP contribution in [0.15, 0.2) is 12.1 Å². The maximum atomic E-state index is 12.0. The van der Waals surface area contributed by atoms with Gasteiger partial charge in [0.15, 0.2) is 0 Å². The van der Waals surface area contributed by atoms with E-state index in [1.54, 1.807) is 0 Å². The summed E-state index contributed by atoms with van der Waals surface area (Å²) in [5, 5.41) is 18.4. The van der Waals surface area contributed by atoms with Crippen molar-refractivity contribution in [3.63, 3.8) is 0 Å². The Morgan fingerprint density at radius 2 is 2.14 bits per heavy atom. The van der Waals surface area contributed by atoms with E-state index in [-0.39, 0.29) is 11.8 Å². The minimum atomic E-state index is -0.967. The first-order valence-corrected chi connectivity index (χ1v) is 10.7. The maximum Gasteiger partial charge on any atom is 0.326 e. The standard InChI is InChI=1S/C21H33N5O3/c1-26(12-9-18(21(28)29)25-20(27)16-13-22-14-16)11-3-2-6-17-8-7-15-5-4-10-23-19(15)24-17/h7-8,16,18,22H,2-6,9-14H2,1H3,(H,23,24)(H,25,27)(H,28,29)/t18-/m0/s1. The molecule has 3 heterocycles. The normalized spacial score (nSPS) is 17.2. The van der Waals surface area contributed by atoms with Gasteiger partial charge in [0.25, 0.3) is 0 Å². The molecule has 3 rings (SSSR count). The zero-order chi connectivity index (χ0) is 20.6. The van der Waals surface area contributed by atoms with Gasteiger partial charge >= 0.3 is 5.97 Å². The second kappa shape index (κ2) is 10.5. The first kappa shape index (κ1) is 21.5. The van der Waals surface area contributed by atoms with E-state index in [1.165, 1.54) is 12.0 Å². The Morgan fingerprint density at radius 3 is 2.86 bits per heavy atom. The first-order valence-electron chi connectivity index (χ1n) is 10.7. The van der Waals surface area contributed by atoms with Crippen molar-refractivity contribution in [1.29, 1.82) is 0 Å². The lowest BCUT2D eigenvalue weighted by atomic mass is 10.0. The predicted octanol–water partition coefficient (Wildman–Crippen LogP) is 0.873. The van der Waals surface area contributed by atoms with Gasteiger partial charge in [-0.3, -0.25) is 4.79 Å². The van der Waals surface area contributed by atoms with E-state index in [0.29, 0.717) is 26.1 Å². The molecule has 1 amide bonds. The van der Waals surface area contributed by atoms with Gasteiger partial charge < -0.3 is 26.0 Å². The van der Waals surface area contributed by atoms with Crippen molar-refractivity contribution in [2.75, 3.05) is 45.1 Å². The van der Waals surface area contributed by atoms with Gasteiger partial charge in [0, 0.05) is 31.9 Å². The third-order valence-electron chi connectivity index (χ3n) is 5.74. The topological polar surface area (TPSA) is 107 Å². The molecule has 0 bridgehead atoms. The monoisotopic (exact) mass is 403 g/mol. The molecule has 1 fully saturated rings. The maximum absolute atomic E-state index is 12.0. The van der Waals surface area contributed by atoms with Gasteiger partial charge in [0.1, 0.15) is 11.9 Å². The van der Waals surface area contributed by atoms with Crippen molar-refractivity contribution < 1.29 is 14.7 Å². The number of rotatable bonds is 11. The fourth-order valence-corrected chi connectivity index (χ4v) is 3.68. The molecule has 29 heavy (non-hydrogen) atoms. The number of carboxylic acids is 1. The van der Waals surface area contributed by atoms with Gasteiger partial charge in [-0.1, -0.05) is 6.07 Å². The number of aryl methyl sites for hydroxylation is 2. The number of aliphatic carboxylic acids is 1. The molecule has 0 saturated carbocycles. The van der Waals surface area contributed by atoms with Crippen molar-refractivity contribution in [2.24, 2.45) is 5.92 Å². The van der Waals surface area contributed by atoms with E-state index in [2.05, 4.69) is 33.0 Å². The largest absolute Gasteiger partial charge is 0.480 e. The lowest BCUT2D eigenvalue weighted by Gasteiger charge is -2.28. The molecule has 0 unspecified atom stereocenters. The number of aromatic nitrogens is 1. The van der Waals surface area contributed by atoms with Gasteiger partial charge in [0.05, 0.1) is 5.92 Å². The van der Waals surface area contributed by atoms with Crippen LogP contribution in [0.4, 0.5) is 5.82 Å². The van der Waals surface area contributed by atoms with Crippen LogP contribution < -0.4 is 16.0 Å². The number of fused-ring (bicyclic) bond motifs is 1. The van der Waals surface area contributed by atoms with Crippen LogP contribution in [0.1, 0.15) is 36.9 Å². The van der Waals surface area contributed by atoms with Gasteiger partial charge in [-0.05, 0) is 63.7 Å². The van der Waals surface area contributed by atoms with E-state index in [0.717, 1.165) is 50.3 Å². The fraction of sp³-hybridized carbons (Fsp3) is 0.667. The van der Waals surface area contributed by atoms with Gasteiger partial charge in [-0.2, -0.15) is 0 Å². The first-order chi connectivity index (χ1) is 14.0. The van der Waals surface area contributed by atoms with Crippen molar-refractivity contribution in [2.45, 2.75) is 44.6 Å². The van der Waals surface area contributed by atoms with Crippen LogP contribution in [0.5, 0.6) is 0 Å². The van der Waals surface area contributed by atoms with Crippen molar-refractivity contribution >= 4 is 17.7 Å².